The topological polar surface area (TPSA) is 105 Å². The van der Waals surface area contributed by atoms with Crippen molar-refractivity contribution in [1.29, 1.82) is 0 Å². The second kappa shape index (κ2) is 7.35. The maximum absolute atomic E-state index is 12.8. The fourth-order valence-electron chi connectivity index (χ4n) is 2.93. The van der Waals surface area contributed by atoms with Crippen LogP contribution < -0.4 is 5.32 Å². The number of nitrogens with one attached hydrogen (secondary N) is 1. The predicted octanol–water partition coefficient (Wildman–Crippen LogP) is 1.91. The first-order valence-corrected chi connectivity index (χ1v) is 11.1. The Balaban J connectivity index is 1.62. The van der Waals surface area contributed by atoms with Gasteiger partial charge in [0.1, 0.15) is 6.33 Å². The highest BCUT2D eigenvalue weighted by atomic mass is 32.2. The van der Waals surface area contributed by atoms with Crippen LogP contribution >= 0.6 is 11.5 Å². The van der Waals surface area contributed by atoms with Gasteiger partial charge in [-0.1, -0.05) is 12.1 Å². The first kappa shape index (κ1) is 18.1. The highest BCUT2D eigenvalue weighted by molar-refractivity contribution is 7.92. The molecule has 1 amide bonds. The highest BCUT2D eigenvalue weighted by Crippen LogP contribution is 2.33. The maximum atomic E-state index is 12.8. The molecule has 1 aliphatic carbocycles. The van der Waals surface area contributed by atoms with Gasteiger partial charge in [-0.3, -0.25) is 15.1 Å². The molecule has 2 fully saturated rings. The van der Waals surface area contributed by atoms with Crippen LogP contribution in [0, 0.1) is 0 Å². The molecular formula is C17H19N5O3S2. The molecule has 8 nitrogen and oxygen atoms in total. The first-order valence-electron chi connectivity index (χ1n) is 8.80. The van der Waals surface area contributed by atoms with E-state index in [2.05, 4.69) is 19.8 Å². The summed E-state index contributed by atoms with van der Waals surface area (Å²) < 4.78 is 28.6. The quantitative estimate of drug-likeness (QED) is 0.736. The van der Waals surface area contributed by atoms with Crippen LogP contribution in [0.3, 0.4) is 0 Å². The van der Waals surface area contributed by atoms with Crippen molar-refractivity contribution in [1.82, 2.24) is 14.4 Å². The molecule has 27 heavy (non-hydrogen) atoms. The number of carbonyl (C=O) groups is 1. The third-order valence-corrected chi connectivity index (χ3v) is 7.40. The summed E-state index contributed by atoms with van der Waals surface area (Å²) in [6.07, 6.45) is 4.88. The molecule has 1 saturated heterocycles. The fourth-order valence-corrected chi connectivity index (χ4v) is 5.02. The summed E-state index contributed by atoms with van der Waals surface area (Å²) in [5, 5.41) is 9.20. The number of amides is 1. The minimum Gasteiger partial charge on any atom is -0.296 e. The summed E-state index contributed by atoms with van der Waals surface area (Å²) in [6.45, 7) is 1.59. The monoisotopic (exact) mass is 405 g/mol. The van der Waals surface area contributed by atoms with Crippen molar-refractivity contribution >= 4 is 38.1 Å². The lowest BCUT2D eigenvalue weighted by atomic mass is 10.1. The average molecular weight is 406 g/mol. The molecule has 0 unspecified atom stereocenters. The zero-order valence-corrected chi connectivity index (χ0v) is 16.2. The van der Waals surface area contributed by atoms with E-state index < -0.39 is 15.7 Å². The average Bonchev–Trinajstić information content (AvgIpc) is 3.18. The van der Waals surface area contributed by atoms with Gasteiger partial charge in [-0.05, 0) is 37.8 Å². The van der Waals surface area contributed by atoms with Gasteiger partial charge in [-0.25, -0.2) is 13.4 Å². The number of hydrogen-bond acceptors (Lipinski definition) is 8. The lowest BCUT2D eigenvalue weighted by Gasteiger charge is -2.14. The van der Waals surface area contributed by atoms with Crippen molar-refractivity contribution < 1.29 is 13.2 Å². The number of nitrogens with zero attached hydrogens (tertiary/aromatic N) is 4. The number of benzene rings is 1. The molecule has 0 radical (unpaired) electrons. The van der Waals surface area contributed by atoms with E-state index in [1.165, 1.54) is 6.33 Å². The SMILES string of the molecule is O=C(Nc1ncns1)C(=NN1CCCC1)c1ccc(S(=O)(=O)C2CC2)cc1. The number of hydrazone groups is 1. The van der Waals surface area contributed by atoms with Crippen molar-refractivity contribution in [3.63, 3.8) is 0 Å². The van der Waals surface area contributed by atoms with Crippen molar-refractivity contribution in [2.45, 2.75) is 35.8 Å². The van der Waals surface area contributed by atoms with Crippen LogP contribution in [0.15, 0.2) is 40.6 Å². The molecule has 2 aromatic rings. The zero-order chi connectivity index (χ0) is 18.9. The van der Waals surface area contributed by atoms with E-state index in [0.717, 1.165) is 50.3 Å². The second-order valence-corrected chi connectivity index (χ2v) is 9.59. The molecule has 2 heterocycles. The molecule has 1 saturated carbocycles. The summed E-state index contributed by atoms with van der Waals surface area (Å²) in [5.74, 6) is -0.392. The zero-order valence-electron chi connectivity index (χ0n) is 14.5. The lowest BCUT2D eigenvalue weighted by Crippen LogP contribution is -2.27. The van der Waals surface area contributed by atoms with Crippen LogP contribution in [-0.4, -0.2) is 52.7 Å². The number of rotatable bonds is 6. The van der Waals surface area contributed by atoms with E-state index in [1.54, 1.807) is 24.3 Å². The molecule has 0 spiro atoms. The molecule has 1 aromatic carbocycles. The molecular weight excluding hydrogens is 386 g/mol. The van der Waals surface area contributed by atoms with Crippen LogP contribution in [0.1, 0.15) is 31.2 Å². The Morgan fingerprint density at radius 2 is 1.89 bits per heavy atom. The summed E-state index contributed by atoms with van der Waals surface area (Å²) in [5.41, 5.74) is 0.807. The number of carbonyl (C=O) groups excluding carboxylic acids is 1. The minimum absolute atomic E-state index is 0.238. The van der Waals surface area contributed by atoms with Gasteiger partial charge in [-0.15, -0.1) is 0 Å². The third-order valence-electron chi connectivity index (χ3n) is 4.54. The van der Waals surface area contributed by atoms with Gasteiger partial charge in [0.15, 0.2) is 15.5 Å². The van der Waals surface area contributed by atoms with E-state index in [9.17, 15) is 13.2 Å². The van der Waals surface area contributed by atoms with Gasteiger partial charge in [0.25, 0.3) is 5.91 Å². The Labute approximate surface area is 161 Å². The molecule has 1 N–H and O–H groups in total. The van der Waals surface area contributed by atoms with Crippen molar-refractivity contribution in [2.75, 3.05) is 18.4 Å². The Bertz CT molecular complexity index is 945. The summed E-state index contributed by atoms with van der Waals surface area (Å²) in [7, 11) is -3.26. The Hall–Kier alpha value is -2.33. The molecule has 0 bridgehead atoms. The van der Waals surface area contributed by atoms with Gasteiger partial charge in [0.05, 0.1) is 10.1 Å². The van der Waals surface area contributed by atoms with Crippen molar-refractivity contribution in [3.8, 4) is 0 Å². The van der Waals surface area contributed by atoms with Crippen LogP contribution in [0.4, 0.5) is 5.13 Å². The fraction of sp³-hybridized carbons (Fsp3) is 0.412. The number of anilines is 1. The van der Waals surface area contributed by atoms with E-state index in [1.807, 2.05) is 5.01 Å². The molecule has 1 aromatic heterocycles. The van der Waals surface area contributed by atoms with Crippen molar-refractivity contribution in [2.24, 2.45) is 5.10 Å². The molecule has 4 rings (SSSR count). The van der Waals surface area contributed by atoms with Gasteiger partial charge in [0, 0.05) is 30.2 Å². The maximum Gasteiger partial charge on any atom is 0.278 e. The largest absolute Gasteiger partial charge is 0.296 e. The summed E-state index contributed by atoms with van der Waals surface area (Å²) in [6, 6.07) is 6.40. The number of aromatic nitrogens is 2. The normalized spacial score (nSPS) is 17.9. The molecule has 1 aliphatic heterocycles. The van der Waals surface area contributed by atoms with Gasteiger partial charge in [-0.2, -0.15) is 9.47 Å². The first-order chi connectivity index (χ1) is 13.0. The van der Waals surface area contributed by atoms with Gasteiger partial charge in [0.2, 0.25) is 5.13 Å². The molecule has 10 heteroatoms. The molecule has 0 atom stereocenters. The van der Waals surface area contributed by atoms with E-state index >= 15 is 0 Å². The minimum atomic E-state index is -3.26. The van der Waals surface area contributed by atoms with Gasteiger partial charge >= 0.3 is 0 Å². The smallest absolute Gasteiger partial charge is 0.278 e. The van der Waals surface area contributed by atoms with Crippen LogP contribution in [-0.2, 0) is 14.6 Å². The Morgan fingerprint density at radius 1 is 1.19 bits per heavy atom. The van der Waals surface area contributed by atoms with Gasteiger partial charge < -0.3 is 0 Å². The molecule has 142 valence electrons. The molecule has 2 aliphatic rings. The van der Waals surface area contributed by atoms with Crippen molar-refractivity contribution in [3.05, 3.63) is 36.2 Å². The third kappa shape index (κ3) is 4.01. The van der Waals surface area contributed by atoms with Crippen LogP contribution in [0.5, 0.6) is 0 Å². The Morgan fingerprint density at radius 3 is 2.48 bits per heavy atom. The van der Waals surface area contributed by atoms with Crippen LogP contribution in [0.2, 0.25) is 0 Å². The van der Waals surface area contributed by atoms with E-state index in [0.29, 0.717) is 15.6 Å². The van der Waals surface area contributed by atoms with E-state index in [-0.39, 0.29) is 11.0 Å². The summed E-state index contributed by atoms with van der Waals surface area (Å²) >= 11 is 1.08. The highest BCUT2D eigenvalue weighted by Gasteiger charge is 2.36. The number of sulfone groups is 1. The van der Waals surface area contributed by atoms with E-state index in [4.69, 9.17) is 0 Å². The summed E-state index contributed by atoms with van der Waals surface area (Å²) in [4.78, 5) is 17.0. The lowest BCUT2D eigenvalue weighted by molar-refractivity contribution is -0.110. The second-order valence-electron chi connectivity index (χ2n) is 6.58. The predicted molar refractivity (Wildman–Crippen MR) is 103 cm³/mol. The van der Waals surface area contributed by atoms with Crippen LogP contribution in [0.25, 0.3) is 0 Å². The Kier molecular flexibility index (Phi) is 4.92. The standard InChI is InChI=1S/C17H19N5O3S2/c23-16(20-17-18-11-19-26-17)15(21-22-9-1-2-10-22)12-3-5-13(6-4-12)27(24,25)14-7-8-14/h3-6,11,14H,1-2,7-10H2,(H,18,19,20,23). The number of hydrogen-bond donors (Lipinski definition) is 1.